The van der Waals surface area contributed by atoms with Gasteiger partial charge < -0.3 is 5.73 Å². The number of carbonyl (C=O) groups is 1. The van der Waals surface area contributed by atoms with Gasteiger partial charge in [-0.25, -0.2) is 5.43 Å². The summed E-state index contributed by atoms with van der Waals surface area (Å²) in [5, 5.41) is 9.24. The minimum absolute atomic E-state index is 0.227. The van der Waals surface area contributed by atoms with E-state index in [1.54, 1.807) is 32.4 Å². The van der Waals surface area contributed by atoms with Crippen LogP contribution in [0.2, 0.25) is 0 Å². The molecule has 1 heterocycles. The number of allylic oxidation sites excluding steroid dienone is 1. The maximum Gasteiger partial charge on any atom is 0.280 e. The number of amides is 1. The van der Waals surface area contributed by atoms with Crippen LogP contribution in [0.1, 0.15) is 19.5 Å². The first-order valence-electron chi connectivity index (χ1n) is 5.00. The van der Waals surface area contributed by atoms with E-state index in [1.165, 1.54) is 0 Å². The molecule has 1 rings (SSSR count). The van der Waals surface area contributed by atoms with E-state index < -0.39 is 5.91 Å². The molecule has 0 aromatic carbocycles. The summed E-state index contributed by atoms with van der Waals surface area (Å²) in [7, 11) is 0. The number of aromatic nitrogens is 2. The molecule has 7 nitrogen and oxygen atoms in total. The summed E-state index contributed by atoms with van der Waals surface area (Å²) in [5.41, 5.74) is 9.32. The molecule has 0 aliphatic carbocycles. The van der Waals surface area contributed by atoms with Gasteiger partial charge in [0.05, 0.1) is 11.9 Å². The Labute approximate surface area is 109 Å². The van der Waals surface area contributed by atoms with Gasteiger partial charge in [0.15, 0.2) is 0 Å². The molecule has 1 amide bonds. The van der Waals surface area contributed by atoms with Crippen LogP contribution >= 0.6 is 11.9 Å². The first-order valence-corrected chi connectivity index (χ1v) is 5.88. The largest absolute Gasteiger partial charge is 0.401 e. The summed E-state index contributed by atoms with van der Waals surface area (Å²) in [6.45, 7) is 3.30. The third-order valence-electron chi connectivity index (χ3n) is 1.94. The van der Waals surface area contributed by atoms with Crippen LogP contribution in [0.5, 0.6) is 0 Å². The fraction of sp³-hybridized carbons (Fsp3) is 0.200. The Morgan fingerprint density at radius 3 is 2.67 bits per heavy atom. The summed E-state index contributed by atoms with van der Waals surface area (Å²) in [6, 6.07) is 0. The molecule has 0 aliphatic heterocycles. The number of hydrogen-bond donors (Lipinski definition) is 3. The molecule has 0 fully saturated rings. The van der Waals surface area contributed by atoms with E-state index in [2.05, 4.69) is 20.5 Å². The fourth-order valence-electron chi connectivity index (χ4n) is 1.05. The molecular formula is C10H14N6OS. The molecule has 0 saturated heterocycles. The third kappa shape index (κ3) is 3.82. The second kappa shape index (κ2) is 6.72. The van der Waals surface area contributed by atoms with Gasteiger partial charge in [0.25, 0.3) is 5.91 Å². The van der Waals surface area contributed by atoms with Crippen LogP contribution < -0.4 is 16.3 Å². The lowest BCUT2D eigenvalue weighted by Gasteiger charge is -2.05. The van der Waals surface area contributed by atoms with E-state index in [0.717, 1.165) is 11.9 Å². The van der Waals surface area contributed by atoms with Crippen molar-refractivity contribution >= 4 is 23.6 Å². The lowest BCUT2D eigenvalue weighted by molar-refractivity contribution is -0.116. The predicted molar refractivity (Wildman–Crippen MR) is 71.1 cm³/mol. The molecule has 5 N–H and O–H groups in total. The standard InChI is InChI=1S/C10H14N6OS/c1-6(11)9(18-12)10(17)16-15-7(2)8-5-13-3-4-14-8/h3-5H,11-12H2,1-2H3,(H,16,17)/b9-6-,15-7+. The second-order valence-electron chi connectivity index (χ2n) is 3.36. The van der Waals surface area contributed by atoms with Crippen molar-refractivity contribution in [1.82, 2.24) is 15.4 Å². The number of nitrogens with two attached hydrogens (primary N) is 2. The molecule has 0 bridgehead atoms. The summed E-state index contributed by atoms with van der Waals surface area (Å²) in [4.78, 5) is 19.8. The molecule has 0 aliphatic rings. The van der Waals surface area contributed by atoms with Gasteiger partial charge in [-0.05, 0) is 25.8 Å². The van der Waals surface area contributed by atoms with Crippen LogP contribution in [0.3, 0.4) is 0 Å². The molecule has 8 heteroatoms. The highest BCUT2D eigenvalue weighted by Gasteiger charge is 2.10. The summed E-state index contributed by atoms with van der Waals surface area (Å²) in [6.07, 6.45) is 4.65. The van der Waals surface area contributed by atoms with E-state index >= 15 is 0 Å². The van der Waals surface area contributed by atoms with Crippen molar-refractivity contribution in [1.29, 1.82) is 0 Å². The zero-order valence-electron chi connectivity index (χ0n) is 10.0. The number of rotatable bonds is 4. The average Bonchev–Trinajstić information content (AvgIpc) is 2.37. The third-order valence-corrected chi connectivity index (χ3v) is 2.68. The van der Waals surface area contributed by atoms with E-state index in [0.29, 0.717) is 17.1 Å². The highest BCUT2D eigenvalue weighted by atomic mass is 32.2. The number of nitrogens with zero attached hydrogens (tertiary/aromatic N) is 3. The minimum Gasteiger partial charge on any atom is -0.401 e. The van der Waals surface area contributed by atoms with Crippen LogP contribution in [0.25, 0.3) is 0 Å². The molecule has 1 aromatic rings. The van der Waals surface area contributed by atoms with E-state index in [4.69, 9.17) is 10.9 Å². The van der Waals surface area contributed by atoms with Crippen molar-refractivity contribution < 1.29 is 4.79 Å². The van der Waals surface area contributed by atoms with Crippen molar-refractivity contribution in [3.05, 3.63) is 34.9 Å². The molecular weight excluding hydrogens is 252 g/mol. The Morgan fingerprint density at radius 1 is 1.44 bits per heavy atom. The van der Waals surface area contributed by atoms with E-state index in [9.17, 15) is 4.79 Å². The van der Waals surface area contributed by atoms with Crippen LogP contribution in [-0.4, -0.2) is 21.6 Å². The molecule has 0 unspecified atom stereocenters. The minimum atomic E-state index is -0.453. The van der Waals surface area contributed by atoms with Gasteiger partial charge in [0, 0.05) is 18.1 Å². The summed E-state index contributed by atoms with van der Waals surface area (Å²) < 4.78 is 0. The SMILES string of the molecule is C/C(N)=C(/SN)C(=O)N/N=C(\C)c1cnccn1. The van der Waals surface area contributed by atoms with Gasteiger partial charge in [-0.15, -0.1) is 0 Å². The molecule has 96 valence electrons. The van der Waals surface area contributed by atoms with Gasteiger partial charge >= 0.3 is 0 Å². The lowest BCUT2D eigenvalue weighted by atomic mass is 10.3. The Kier molecular flexibility index (Phi) is 5.28. The maximum atomic E-state index is 11.7. The molecule has 0 spiro atoms. The average molecular weight is 266 g/mol. The molecule has 0 saturated carbocycles. The van der Waals surface area contributed by atoms with E-state index in [-0.39, 0.29) is 4.91 Å². The first kappa shape index (κ1) is 14.1. The molecule has 0 radical (unpaired) electrons. The van der Waals surface area contributed by atoms with E-state index in [1.807, 2.05) is 0 Å². The Hall–Kier alpha value is -1.93. The first-order chi connectivity index (χ1) is 8.56. The highest BCUT2D eigenvalue weighted by Crippen LogP contribution is 2.10. The van der Waals surface area contributed by atoms with Gasteiger partial charge in [-0.3, -0.25) is 19.9 Å². The van der Waals surface area contributed by atoms with Crippen molar-refractivity contribution in [2.75, 3.05) is 0 Å². The van der Waals surface area contributed by atoms with Crippen LogP contribution in [-0.2, 0) is 4.79 Å². The molecule has 0 atom stereocenters. The summed E-state index contributed by atoms with van der Waals surface area (Å²) in [5.74, 6) is -0.453. The molecule has 18 heavy (non-hydrogen) atoms. The number of nitrogens with one attached hydrogen (secondary N) is 1. The maximum absolute atomic E-state index is 11.7. The van der Waals surface area contributed by atoms with Crippen LogP contribution in [0.4, 0.5) is 0 Å². The number of hydrazone groups is 1. The smallest absolute Gasteiger partial charge is 0.280 e. The van der Waals surface area contributed by atoms with Gasteiger partial charge in [-0.2, -0.15) is 5.10 Å². The van der Waals surface area contributed by atoms with Crippen molar-refractivity contribution in [2.24, 2.45) is 16.0 Å². The second-order valence-corrected chi connectivity index (χ2v) is 4.00. The lowest BCUT2D eigenvalue weighted by Crippen LogP contribution is -2.23. The predicted octanol–water partition coefficient (Wildman–Crippen LogP) is 0.114. The Bertz CT molecular complexity index is 480. The van der Waals surface area contributed by atoms with Gasteiger partial charge in [-0.1, -0.05) is 0 Å². The normalized spacial score (nSPS) is 12.9. The highest BCUT2D eigenvalue weighted by molar-refractivity contribution is 8.01. The van der Waals surface area contributed by atoms with Crippen LogP contribution in [0, 0.1) is 0 Å². The van der Waals surface area contributed by atoms with Crippen molar-refractivity contribution in [2.45, 2.75) is 13.8 Å². The Balaban J connectivity index is 2.76. The quantitative estimate of drug-likeness (QED) is 0.308. The summed E-state index contributed by atoms with van der Waals surface area (Å²) >= 11 is 0.779. The zero-order chi connectivity index (χ0) is 13.5. The monoisotopic (exact) mass is 266 g/mol. The fourth-order valence-corrected chi connectivity index (χ4v) is 1.39. The number of carbonyl (C=O) groups excluding carboxylic acids is 1. The zero-order valence-corrected chi connectivity index (χ0v) is 10.9. The van der Waals surface area contributed by atoms with Crippen LogP contribution in [0.15, 0.2) is 34.3 Å². The van der Waals surface area contributed by atoms with Crippen molar-refractivity contribution in [3.8, 4) is 0 Å². The van der Waals surface area contributed by atoms with Gasteiger partial charge in [0.1, 0.15) is 10.6 Å². The Morgan fingerprint density at radius 2 is 2.17 bits per heavy atom. The number of hydrogen-bond acceptors (Lipinski definition) is 7. The topological polar surface area (TPSA) is 119 Å². The van der Waals surface area contributed by atoms with Gasteiger partial charge in [0.2, 0.25) is 0 Å². The molecule has 1 aromatic heterocycles. The van der Waals surface area contributed by atoms with Crippen molar-refractivity contribution in [3.63, 3.8) is 0 Å².